The molecule has 1 nitrogen and oxygen atoms in total. The molecule has 1 fully saturated rings. The standard InChI is InChI=1S/C10H21NS/c1-8(2)9(7-11-3)10-5-4-6-12-10/h8-11H,4-7H2,1-3H3. The Morgan fingerprint density at radius 2 is 2.25 bits per heavy atom. The summed E-state index contributed by atoms with van der Waals surface area (Å²) < 4.78 is 0. The minimum absolute atomic E-state index is 0.827. The lowest BCUT2D eigenvalue weighted by Crippen LogP contribution is -2.30. The Labute approximate surface area is 80.7 Å². The molecule has 1 saturated heterocycles. The van der Waals surface area contributed by atoms with Crippen LogP contribution in [0, 0.1) is 11.8 Å². The third kappa shape index (κ3) is 2.67. The quantitative estimate of drug-likeness (QED) is 0.725. The van der Waals surface area contributed by atoms with E-state index in [2.05, 4.69) is 38.0 Å². The molecular formula is C10H21NS. The summed E-state index contributed by atoms with van der Waals surface area (Å²) >= 11 is 2.18. The highest BCUT2D eigenvalue weighted by molar-refractivity contribution is 8.00. The zero-order valence-corrected chi connectivity index (χ0v) is 9.29. The van der Waals surface area contributed by atoms with E-state index in [9.17, 15) is 0 Å². The Balaban J connectivity index is 2.40. The first-order valence-electron chi connectivity index (χ1n) is 5.02. The minimum atomic E-state index is 0.827. The van der Waals surface area contributed by atoms with Crippen molar-refractivity contribution in [2.24, 2.45) is 11.8 Å². The highest BCUT2D eigenvalue weighted by Gasteiger charge is 2.26. The van der Waals surface area contributed by atoms with Crippen molar-refractivity contribution < 1.29 is 0 Å². The second-order valence-electron chi connectivity index (χ2n) is 4.02. The molecule has 0 aromatic heterocycles. The molecule has 0 aromatic carbocycles. The summed E-state index contributed by atoms with van der Waals surface area (Å²) in [6.07, 6.45) is 2.87. The normalized spacial score (nSPS) is 26.5. The molecular weight excluding hydrogens is 166 g/mol. The lowest BCUT2D eigenvalue weighted by Gasteiger charge is -2.26. The second-order valence-corrected chi connectivity index (χ2v) is 5.36. The molecule has 2 unspecified atom stereocenters. The van der Waals surface area contributed by atoms with Crippen LogP contribution in [0.5, 0.6) is 0 Å². The Morgan fingerprint density at radius 3 is 2.67 bits per heavy atom. The van der Waals surface area contributed by atoms with Crippen molar-refractivity contribution >= 4 is 11.8 Å². The van der Waals surface area contributed by atoms with Crippen LogP contribution in [0.4, 0.5) is 0 Å². The van der Waals surface area contributed by atoms with Crippen LogP contribution in [0.1, 0.15) is 26.7 Å². The molecule has 72 valence electrons. The van der Waals surface area contributed by atoms with Crippen molar-refractivity contribution in [3.63, 3.8) is 0 Å². The van der Waals surface area contributed by atoms with Crippen molar-refractivity contribution in [1.29, 1.82) is 0 Å². The van der Waals surface area contributed by atoms with Crippen LogP contribution in [-0.4, -0.2) is 24.6 Å². The van der Waals surface area contributed by atoms with Gasteiger partial charge in [-0.15, -0.1) is 0 Å². The molecule has 0 aliphatic carbocycles. The Hall–Kier alpha value is 0.310. The first-order chi connectivity index (χ1) is 5.75. The van der Waals surface area contributed by atoms with Crippen molar-refractivity contribution in [2.75, 3.05) is 19.3 Å². The topological polar surface area (TPSA) is 12.0 Å². The van der Waals surface area contributed by atoms with Crippen LogP contribution in [0.25, 0.3) is 0 Å². The maximum Gasteiger partial charge on any atom is 0.00901 e. The van der Waals surface area contributed by atoms with Gasteiger partial charge in [-0.05, 0) is 44.0 Å². The van der Waals surface area contributed by atoms with Crippen LogP contribution in [-0.2, 0) is 0 Å². The lowest BCUT2D eigenvalue weighted by atomic mass is 9.90. The largest absolute Gasteiger partial charge is 0.319 e. The van der Waals surface area contributed by atoms with Gasteiger partial charge in [-0.3, -0.25) is 0 Å². The Morgan fingerprint density at radius 1 is 1.50 bits per heavy atom. The highest BCUT2D eigenvalue weighted by Crippen LogP contribution is 2.35. The minimum Gasteiger partial charge on any atom is -0.319 e. The van der Waals surface area contributed by atoms with E-state index < -0.39 is 0 Å². The third-order valence-electron chi connectivity index (χ3n) is 2.74. The summed E-state index contributed by atoms with van der Waals surface area (Å²) in [6, 6.07) is 0. The molecule has 0 saturated carbocycles. The van der Waals surface area contributed by atoms with Crippen LogP contribution >= 0.6 is 11.8 Å². The molecule has 1 heterocycles. The SMILES string of the molecule is CNCC(C(C)C)C1CCCS1. The van der Waals surface area contributed by atoms with Gasteiger partial charge in [-0.2, -0.15) is 11.8 Å². The van der Waals surface area contributed by atoms with E-state index in [1.165, 1.54) is 25.1 Å². The van der Waals surface area contributed by atoms with Crippen LogP contribution in [0.15, 0.2) is 0 Å². The molecule has 1 aliphatic rings. The first kappa shape index (κ1) is 10.4. The maximum atomic E-state index is 3.31. The van der Waals surface area contributed by atoms with Gasteiger partial charge in [-0.25, -0.2) is 0 Å². The van der Waals surface area contributed by atoms with Crippen molar-refractivity contribution in [3.05, 3.63) is 0 Å². The van der Waals surface area contributed by atoms with E-state index in [1.54, 1.807) is 0 Å². The molecule has 0 aromatic rings. The summed E-state index contributed by atoms with van der Waals surface area (Å²) in [6.45, 7) is 5.89. The average Bonchev–Trinajstić information content (AvgIpc) is 2.51. The Bertz CT molecular complexity index is 119. The van der Waals surface area contributed by atoms with Crippen molar-refractivity contribution in [3.8, 4) is 0 Å². The Kier molecular flexibility index (Phi) is 4.44. The number of rotatable bonds is 4. The van der Waals surface area contributed by atoms with Gasteiger partial charge in [-0.1, -0.05) is 13.8 Å². The molecule has 1 aliphatic heterocycles. The fraction of sp³-hybridized carbons (Fsp3) is 1.00. The van der Waals surface area contributed by atoms with Gasteiger partial charge in [0.2, 0.25) is 0 Å². The summed E-state index contributed by atoms with van der Waals surface area (Å²) in [5.74, 6) is 3.09. The predicted octanol–water partition coefficient (Wildman–Crippen LogP) is 2.37. The summed E-state index contributed by atoms with van der Waals surface area (Å²) in [5, 5.41) is 4.24. The predicted molar refractivity (Wildman–Crippen MR) is 57.7 cm³/mol. The van der Waals surface area contributed by atoms with Gasteiger partial charge in [0.1, 0.15) is 0 Å². The molecule has 2 atom stereocenters. The maximum absolute atomic E-state index is 3.31. The smallest absolute Gasteiger partial charge is 0.00901 e. The molecule has 2 heteroatoms. The first-order valence-corrected chi connectivity index (χ1v) is 6.06. The van der Waals surface area contributed by atoms with E-state index in [0.717, 1.165) is 17.1 Å². The van der Waals surface area contributed by atoms with Crippen LogP contribution < -0.4 is 5.32 Å². The highest BCUT2D eigenvalue weighted by atomic mass is 32.2. The molecule has 0 radical (unpaired) electrons. The van der Waals surface area contributed by atoms with Crippen molar-refractivity contribution in [2.45, 2.75) is 31.9 Å². The van der Waals surface area contributed by atoms with Gasteiger partial charge in [0, 0.05) is 5.25 Å². The number of thioether (sulfide) groups is 1. The molecule has 0 bridgehead atoms. The van der Waals surface area contributed by atoms with Gasteiger partial charge < -0.3 is 5.32 Å². The van der Waals surface area contributed by atoms with E-state index in [4.69, 9.17) is 0 Å². The summed E-state index contributed by atoms with van der Waals surface area (Å²) in [5.41, 5.74) is 0. The molecule has 1 rings (SSSR count). The zero-order chi connectivity index (χ0) is 8.97. The lowest BCUT2D eigenvalue weighted by molar-refractivity contribution is 0.356. The fourth-order valence-electron chi connectivity index (χ4n) is 1.97. The van der Waals surface area contributed by atoms with Crippen LogP contribution in [0.2, 0.25) is 0 Å². The second kappa shape index (κ2) is 5.13. The van der Waals surface area contributed by atoms with Gasteiger partial charge in [0.25, 0.3) is 0 Å². The molecule has 12 heavy (non-hydrogen) atoms. The van der Waals surface area contributed by atoms with E-state index in [0.29, 0.717) is 0 Å². The van der Waals surface area contributed by atoms with E-state index in [1.807, 2.05) is 0 Å². The summed E-state index contributed by atoms with van der Waals surface area (Å²) in [4.78, 5) is 0. The third-order valence-corrected chi connectivity index (χ3v) is 4.28. The zero-order valence-electron chi connectivity index (χ0n) is 8.47. The van der Waals surface area contributed by atoms with Crippen LogP contribution in [0.3, 0.4) is 0 Å². The van der Waals surface area contributed by atoms with E-state index in [-0.39, 0.29) is 0 Å². The number of hydrogen-bond donors (Lipinski definition) is 1. The van der Waals surface area contributed by atoms with Gasteiger partial charge >= 0.3 is 0 Å². The van der Waals surface area contributed by atoms with Gasteiger partial charge in [0.15, 0.2) is 0 Å². The van der Waals surface area contributed by atoms with E-state index >= 15 is 0 Å². The molecule has 0 amide bonds. The fourth-order valence-corrected chi connectivity index (χ4v) is 3.60. The average molecular weight is 187 g/mol. The number of hydrogen-bond acceptors (Lipinski definition) is 2. The van der Waals surface area contributed by atoms with Crippen molar-refractivity contribution in [1.82, 2.24) is 5.32 Å². The van der Waals surface area contributed by atoms with Gasteiger partial charge in [0.05, 0.1) is 0 Å². The monoisotopic (exact) mass is 187 g/mol. The molecule has 0 spiro atoms. The summed E-state index contributed by atoms with van der Waals surface area (Å²) in [7, 11) is 2.06. The number of nitrogens with one attached hydrogen (secondary N) is 1. The molecule has 1 N–H and O–H groups in total.